The number of nitrogens with one attached hydrogen (secondary N) is 1. The molecule has 0 atom stereocenters. The zero-order valence-corrected chi connectivity index (χ0v) is 15.8. The minimum Gasteiger partial charge on any atom is -0.503 e. The Morgan fingerprint density at radius 1 is 1.32 bits per heavy atom. The lowest BCUT2D eigenvalue weighted by Gasteiger charge is -2.10. The highest BCUT2D eigenvalue weighted by Crippen LogP contribution is 2.34. The quantitative estimate of drug-likeness (QED) is 0.569. The molecule has 0 aromatic heterocycles. The van der Waals surface area contributed by atoms with E-state index >= 15 is 0 Å². The van der Waals surface area contributed by atoms with Gasteiger partial charge in [-0.2, -0.15) is 5.10 Å². The molecule has 0 bridgehead atoms. The van der Waals surface area contributed by atoms with E-state index in [4.69, 9.17) is 9.47 Å². The van der Waals surface area contributed by atoms with E-state index in [0.717, 1.165) is 11.1 Å². The number of aromatic hydroxyl groups is 1. The van der Waals surface area contributed by atoms with Crippen LogP contribution in [0.2, 0.25) is 0 Å². The van der Waals surface area contributed by atoms with Crippen LogP contribution < -0.4 is 14.9 Å². The maximum Gasteiger partial charge on any atom is 0.277 e. The summed E-state index contributed by atoms with van der Waals surface area (Å²) in [5.74, 6) is 0.642. The zero-order chi connectivity index (χ0) is 18.4. The summed E-state index contributed by atoms with van der Waals surface area (Å²) < 4.78 is 11.1. The van der Waals surface area contributed by atoms with Gasteiger partial charge in [-0.15, -0.1) is 0 Å². The third kappa shape index (κ3) is 4.96. The number of benzene rings is 2. The molecule has 7 heteroatoms. The topological polar surface area (TPSA) is 80.2 Å². The van der Waals surface area contributed by atoms with Crippen molar-refractivity contribution in [2.75, 3.05) is 13.7 Å². The van der Waals surface area contributed by atoms with E-state index in [1.54, 1.807) is 12.1 Å². The second-order valence-electron chi connectivity index (χ2n) is 5.36. The molecule has 6 nitrogen and oxygen atoms in total. The molecule has 0 aliphatic carbocycles. The number of carbonyl (C=O) groups is 1. The Morgan fingerprint density at radius 3 is 2.64 bits per heavy atom. The van der Waals surface area contributed by atoms with Crippen LogP contribution in [-0.4, -0.2) is 30.9 Å². The van der Waals surface area contributed by atoms with Crippen LogP contribution in [0, 0.1) is 13.8 Å². The first kappa shape index (κ1) is 18.8. The summed E-state index contributed by atoms with van der Waals surface area (Å²) in [7, 11) is 1.45. The lowest BCUT2D eigenvalue weighted by molar-refractivity contribution is -0.123. The number of para-hydroxylation sites is 1. The van der Waals surface area contributed by atoms with Gasteiger partial charge in [0.2, 0.25) is 0 Å². The Labute approximate surface area is 154 Å². The monoisotopic (exact) mass is 406 g/mol. The summed E-state index contributed by atoms with van der Waals surface area (Å²) in [6.45, 7) is 3.72. The van der Waals surface area contributed by atoms with Crippen molar-refractivity contribution in [3.8, 4) is 17.2 Å². The molecular weight excluding hydrogens is 388 g/mol. The number of amides is 1. The number of carbonyl (C=O) groups excluding carboxylic acids is 1. The average Bonchev–Trinajstić information content (AvgIpc) is 2.57. The smallest absolute Gasteiger partial charge is 0.277 e. The van der Waals surface area contributed by atoms with Gasteiger partial charge in [-0.05, 0) is 58.6 Å². The van der Waals surface area contributed by atoms with Crippen LogP contribution in [0.4, 0.5) is 0 Å². The van der Waals surface area contributed by atoms with Gasteiger partial charge in [-0.25, -0.2) is 5.43 Å². The normalized spacial score (nSPS) is 10.7. The highest BCUT2D eigenvalue weighted by atomic mass is 79.9. The standard InChI is InChI=1S/C18H19BrN2O4/c1-11-5-4-6-12(2)18(11)25-10-16(22)21-20-9-13-7-14(19)17(23)15(8-13)24-3/h4-9,23H,10H2,1-3H3,(H,21,22)/b20-9+. The Bertz CT molecular complexity index is 786. The SMILES string of the molecule is COc1cc(/C=N/NC(=O)COc2c(C)cccc2C)cc(Br)c1O. The predicted octanol–water partition coefficient (Wildman–Crippen LogP) is 3.31. The second-order valence-corrected chi connectivity index (χ2v) is 6.21. The fraction of sp³-hybridized carbons (Fsp3) is 0.222. The number of rotatable bonds is 6. The highest BCUT2D eigenvalue weighted by molar-refractivity contribution is 9.10. The van der Waals surface area contributed by atoms with Crippen LogP contribution in [0.5, 0.6) is 17.2 Å². The van der Waals surface area contributed by atoms with Crippen molar-refractivity contribution >= 4 is 28.1 Å². The Morgan fingerprint density at radius 2 is 2.00 bits per heavy atom. The van der Waals surface area contributed by atoms with Gasteiger partial charge in [0.25, 0.3) is 5.91 Å². The fourth-order valence-electron chi connectivity index (χ4n) is 2.20. The van der Waals surface area contributed by atoms with Crippen molar-refractivity contribution in [2.45, 2.75) is 13.8 Å². The summed E-state index contributed by atoms with van der Waals surface area (Å²) in [6.07, 6.45) is 1.45. The molecule has 0 aliphatic rings. The molecule has 2 rings (SSSR count). The van der Waals surface area contributed by atoms with E-state index in [0.29, 0.717) is 21.5 Å². The van der Waals surface area contributed by atoms with Crippen molar-refractivity contribution in [3.63, 3.8) is 0 Å². The zero-order valence-electron chi connectivity index (χ0n) is 14.2. The van der Waals surface area contributed by atoms with Gasteiger partial charge in [-0.1, -0.05) is 18.2 Å². The van der Waals surface area contributed by atoms with Crippen molar-refractivity contribution in [1.29, 1.82) is 0 Å². The molecule has 2 aromatic rings. The maximum atomic E-state index is 11.8. The summed E-state index contributed by atoms with van der Waals surface area (Å²) in [5.41, 5.74) is 4.99. The molecular formula is C18H19BrN2O4. The number of methoxy groups -OCH3 is 1. The minimum atomic E-state index is -0.372. The first-order chi connectivity index (χ1) is 11.9. The second kappa shape index (κ2) is 8.53. The Kier molecular flexibility index (Phi) is 6.41. The van der Waals surface area contributed by atoms with E-state index in [2.05, 4.69) is 26.5 Å². The van der Waals surface area contributed by atoms with Crippen LogP contribution in [0.3, 0.4) is 0 Å². The molecule has 0 saturated heterocycles. The van der Waals surface area contributed by atoms with Crippen LogP contribution in [-0.2, 0) is 4.79 Å². The largest absolute Gasteiger partial charge is 0.503 e. The number of nitrogens with zero attached hydrogens (tertiary/aromatic N) is 1. The van der Waals surface area contributed by atoms with Gasteiger partial charge in [0.1, 0.15) is 5.75 Å². The van der Waals surface area contributed by atoms with Crippen molar-refractivity contribution in [2.24, 2.45) is 5.10 Å². The van der Waals surface area contributed by atoms with E-state index in [1.807, 2.05) is 32.0 Å². The van der Waals surface area contributed by atoms with Crippen LogP contribution in [0.25, 0.3) is 0 Å². The minimum absolute atomic E-state index is 0.00527. The molecule has 0 fully saturated rings. The molecule has 1 amide bonds. The molecule has 0 saturated carbocycles. The fourth-order valence-corrected chi connectivity index (χ4v) is 2.66. The Balaban J connectivity index is 1.94. The average molecular weight is 407 g/mol. The number of phenols is 1. The lowest BCUT2D eigenvalue weighted by Crippen LogP contribution is -2.25. The molecule has 0 unspecified atom stereocenters. The number of hydrazone groups is 1. The lowest BCUT2D eigenvalue weighted by atomic mass is 10.1. The number of hydrogen-bond donors (Lipinski definition) is 2. The van der Waals surface area contributed by atoms with Gasteiger partial charge >= 0.3 is 0 Å². The third-order valence-electron chi connectivity index (χ3n) is 3.43. The van der Waals surface area contributed by atoms with Crippen LogP contribution in [0.15, 0.2) is 39.9 Å². The van der Waals surface area contributed by atoms with Gasteiger partial charge < -0.3 is 14.6 Å². The number of halogens is 1. The Hall–Kier alpha value is -2.54. The van der Waals surface area contributed by atoms with Crippen molar-refractivity contribution in [1.82, 2.24) is 5.43 Å². The van der Waals surface area contributed by atoms with E-state index in [-0.39, 0.29) is 18.3 Å². The van der Waals surface area contributed by atoms with Crippen LogP contribution in [0.1, 0.15) is 16.7 Å². The van der Waals surface area contributed by atoms with Crippen molar-refractivity contribution in [3.05, 3.63) is 51.5 Å². The first-order valence-electron chi connectivity index (χ1n) is 7.49. The maximum absolute atomic E-state index is 11.8. The molecule has 25 heavy (non-hydrogen) atoms. The molecule has 132 valence electrons. The summed E-state index contributed by atoms with van der Waals surface area (Å²) in [6, 6.07) is 9.04. The number of aryl methyl sites for hydroxylation is 2. The van der Waals surface area contributed by atoms with Gasteiger partial charge in [-0.3, -0.25) is 4.79 Å². The summed E-state index contributed by atoms with van der Waals surface area (Å²) >= 11 is 3.22. The molecule has 2 aromatic carbocycles. The summed E-state index contributed by atoms with van der Waals surface area (Å²) in [4.78, 5) is 11.8. The highest BCUT2D eigenvalue weighted by Gasteiger charge is 2.08. The van der Waals surface area contributed by atoms with E-state index in [1.165, 1.54) is 13.3 Å². The molecule has 0 spiro atoms. The number of hydrogen-bond acceptors (Lipinski definition) is 5. The van der Waals surface area contributed by atoms with Gasteiger partial charge in [0.15, 0.2) is 18.1 Å². The third-order valence-corrected chi connectivity index (χ3v) is 4.03. The van der Waals surface area contributed by atoms with Crippen LogP contribution >= 0.6 is 15.9 Å². The van der Waals surface area contributed by atoms with Crippen molar-refractivity contribution < 1.29 is 19.4 Å². The molecule has 0 aliphatic heterocycles. The van der Waals surface area contributed by atoms with E-state index < -0.39 is 0 Å². The molecule has 2 N–H and O–H groups in total. The number of ether oxygens (including phenoxy) is 2. The summed E-state index contributed by atoms with van der Waals surface area (Å²) in [5, 5.41) is 13.6. The van der Waals surface area contributed by atoms with Gasteiger partial charge in [0.05, 0.1) is 17.8 Å². The first-order valence-corrected chi connectivity index (χ1v) is 8.29. The van der Waals surface area contributed by atoms with Gasteiger partial charge in [0, 0.05) is 0 Å². The number of phenolic OH excluding ortho intramolecular Hbond substituents is 1. The van der Waals surface area contributed by atoms with E-state index in [9.17, 15) is 9.90 Å². The predicted molar refractivity (Wildman–Crippen MR) is 99.5 cm³/mol. The molecule has 0 heterocycles. The molecule has 0 radical (unpaired) electrons.